The van der Waals surface area contributed by atoms with Crippen molar-refractivity contribution in [3.63, 3.8) is 0 Å². The van der Waals surface area contributed by atoms with Crippen LogP contribution in [0.4, 0.5) is 0 Å². The van der Waals surface area contributed by atoms with Crippen LogP contribution in [0.1, 0.15) is 44.8 Å². The van der Waals surface area contributed by atoms with Gasteiger partial charge in [0.15, 0.2) is 0 Å². The second-order valence-corrected chi connectivity index (χ2v) is 5.94. The average molecular weight is 304 g/mol. The summed E-state index contributed by atoms with van der Waals surface area (Å²) in [5, 5.41) is 13.1. The van der Waals surface area contributed by atoms with Crippen LogP contribution in [0, 0.1) is 0 Å². The number of benzene rings is 1. The van der Waals surface area contributed by atoms with Crippen molar-refractivity contribution in [2.45, 2.75) is 51.3 Å². The summed E-state index contributed by atoms with van der Waals surface area (Å²) in [5.41, 5.74) is 0.842. The van der Waals surface area contributed by atoms with E-state index < -0.39 is 6.10 Å². The molecular formula is C17H24N2O3. The summed E-state index contributed by atoms with van der Waals surface area (Å²) in [4.78, 5) is 25.4. The SMILES string of the molecule is CC(=O)N1CCCC1C(=O)NC(C)CC(O)c1ccccc1. The average Bonchev–Trinajstić information content (AvgIpc) is 2.97. The fourth-order valence-electron chi connectivity index (χ4n) is 2.96. The van der Waals surface area contributed by atoms with Crippen molar-refractivity contribution in [2.24, 2.45) is 0 Å². The number of carbonyl (C=O) groups is 2. The van der Waals surface area contributed by atoms with Crippen molar-refractivity contribution in [3.8, 4) is 0 Å². The molecule has 0 spiro atoms. The summed E-state index contributed by atoms with van der Waals surface area (Å²) in [5.74, 6) is -0.185. The third kappa shape index (κ3) is 4.07. The summed E-state index contributed by atoms with van der Waals surface area (Å²) in [6.45, 7) is 4.01. The van der Waals surface area contributed by atoms with Crippen molar-refractivity contribution in [1.29, 1.82) is 0 Å². The van der Waals surface area contributed by atoms with Crippen LogP contribution < -0.4 is 5.32 Å². The van der Waals surface area contributed by atoms with E-state index in [0.29, 0.717) is 19.4 Å². The van der Waals surface area contributed by atoms with E-state index in [1.165, 1.54) is 6.92 Å². The van der Waals surface area contributed by atoms with Crippen molar-refractivity contribution in [2.75, 3.05) is 6.54 Å². The predicted octanol–water partition coefficient (Wildman–Crippen LogP) is 1.63. The Balaban J connectivity index is 1.87. The largest absolute Gasteiger partial charge is 0.388 e. The lowest BCUT2D eigenvalue weighted by Crippen LogP contribution is -2.47. The number of aliphatic hydroxyl groups is 1. The molecule has 1 aromatic carbocycles. The Morgan fingerprint density at radius 1 is 1.36 bits per heavy atom. The summed E-state index contributed by atoms with van der Waals surface area (Å²) < 4.78 is 0. The molecule has 1 aliphatic rings. The number of aliphatic hydroxyl groups excluding tert-OH is 1. The summed E-state index contributed by atoms with van der Waals surface area (Å²) in [6.07, 6.45) is 1.41. The molecule has 22 heavy (non-hydrogen) atoms. The van der Waals surface area contributed by atoms with Gasteiger partial charge in [0, 0.05) is 19.5 Å². The van der Waals surface area contributed by atoms with Crippen molar-refractivity contribution in [1.82, 2.24) is 10.2 Å². The molecule has 120 valence electrons. The highest BCUT2D eigenvalue weighted by atomic mass is 16.3. The van der Waals surface area contributed by atoms with Crippen molar-refractivity contribution < 1.29 is 14.7 Å². The molecule has 3 atom stereocenters. The first-order valence-electron chi connectivity index (χ1n) is 7.79. The molecule has 5 nitrogen and oxygen atoms in total. The second kappa shape index (κ2) is 7.40. The Bertz CT molecular complexity index is 518. The zero-order chi connectivity index (χ0) is 16.1. The summed E-state index contributed by atoms with van der Waals surface area (Å²) in [7, 11) is 0. The maximum Gasteiger partial charge on any atom is 0.243 e. The van der Waals surface area contributed by atoms with E-state index in [1.807, 2.05) is 37.3 Å². The highest BCUT2D eigenvalue weighted by molar-refractivity contribution is 5.87. The number of carbonyl (C=O) groups excluding carboxylic acids is 2. The van der Waals surface area contributed by atoms with Crippen LogP contribution in [0.15, 0.2) is 30.3 Å². The number of amides is 2. The zero-order valence-corrected chi connectivity index (χ0v) is 13.2. The maximum absolute atomic E-state index is 12.3. The van der Waals surface area contributed by atoms with Gasteiger partial charge in [-0.2, -0.15) is 0 Å². The fourth-order valence-corrected chi connectivity index (χ4v) is 2.96. The number of rotatable bonds is 5. The Morgan fingerprint density at radius 3 is 2.68 bits per heavy atom. The van der Waals surface area contributed by atoms with Crippen LogP contribution in [-0.2, 0) is 9.59 Å². The molecule has 2 N–H and O–H groups in total. The van der Waals surface area contributed by atoms with Gasteiger partial charge in [-0.05, 0) is 31.7 Å². The maximum atomic E-state index is 12.3. The molecule has 1 saturated heterocycles. The van der Waals surface area contributed by atoms with Gasteiger partial charge in [0.05, 0.1) is 6.10 Å². The molecule has 0 radical (unpaired) electrons. The van der Waals surface area contributed by atoms with Crippen LogP contribution in [-0.4, -0.2) is 40.4 Å². The highest BCUT2D eigenvalue weighted by Gasteiger charge is 2.32. The third-order valence-electron chi connectivity index (χ3n) is 4.11. The fraction of sp³-hybridized carbons (Fsp3) is 0.529. The number of likely N-dealkylation sites (tertiary alicyclic amines) is 1. The first-order chi connectivity index (χ1) is 10.5. The smallest absolute Gasteiger partial charge is 0.243 e. The van der Waals surface area contributed by atoms with Crippen molar-refractivity contribution >= 4 is 11.8 Å². The molecule has 0 aliphatic carbocycles. The molecule has 0 aromatic heterocycles. The summed E-state index contributed by atoms with van der Waals surface area (Å²) >= 11 is 0. The van der Waals surface area contributed by atoms with Gasteiger partial charge in [0.1, 0.15) is 6.04 Å². The molecule has 1 aliphatic heterocycles. The van der Waals surface area contributed by atoms with Gasteiger partial charge in [0.2, 0.25) is 11.8 Å². The lowest BCUT2D eigenvalue weighted by atomic mass is 10.0. The molecule has 2 amide bonds. The minimum absolute atomic E-state index is 0.0605. The van der Waals surface area contributed by atoms with E-state index in [4.69, 9.17) is 0 Å². The molecule has 0 saturated carbocycles. The molecule has 2 rings (SSSR count). The van der Waals surface area contributed by atoms with Crippen LogP contribution in [0.3, 0.4) is 0 Å². The quantitative estimate of drug-likeness (QED) is 0.868. The van der Waals surface area contributed by atoms with E-state index in [0.717, 1.165) is 12.0 Å². The molecule has 5 heteroatoms. The van der Waals surface area contributed by atoms with Gasteiger partial charge in [-0.15, -0.1) is 0 Å². The first-order valence-corrected chi connectivity index (χ1v) is 7.79. The Kier molecular flexibility index (Phi) is 5.55. The Hall–Kier alpha value is -1.88. The van der Waals surface area contributed by atoms with Gasteiger partial charge in [-0.3, -0.25) is 9.59 Å². The number of hydrogen-bond donors (Lipinski definition) is 2. The van der Waals surface area contributed by atoms with E-state index >= 15 is 0 Å². The molecule has 1 heterocycles. The topological polar surface area (TPSA) is 69.6 Å². The Morgan fingerprint density at radius 2 is 2.05 bits per heavy atom. The predicted molar refractivity (Wildman–Crippen MR) is 84.0 cm³/mol. The molecule has 1 aromatic rings. The van der Waals surface area contributed by atoms with Crippen LogP contribution >= 0.6 is 0 Å². The van der Waals surface area contributed by atoms with E-state index in [2.05, 4.69) is 5.32 Å². The molecule has 1 fully saturated rings. The van der Waals surface area contributed by atoms with E-state index in [1.54, 1.807) is 4.90 Å². The van der Waals surface area contributed by atoms with Gasteiger partial charge < -0.3 is 15.3 Å². The normalized spacial score (nSPS) is 20.5. The molecule has 0 bridgehead atoms. The number of nitrogens with one attached hydrogen (secondary N) is 1. The summed E-state index contributed by atoms with van der Waals surface area (Å²) in [6, 6.07) is 8.88. The van der Waals surface area contributed by atoms with Crippen LogP contribution in [0.25, 0.3) is 0 Å². The van der Waals surface area contributed by atoms with Crippen molar-refractivity contribution in [3.05, 3.63) is 35.9 Å². The van der Waals surface area contributed by atoms with E-state index in [9.17, 15) is 14.7 Å². The minimum Gasteiger partial charge on any atom is -0.388 e. The number of hydrogen-bond acceptors (Lipinski definition) is 3. The lowest BCUT2D eigenvalue weighted by molar-refractivity contribution is -0.137. The zero-order valence-electron chi connectivity index (χ0n) is 13.2. The van der Waals surface area contributed by atoms with Gasteiger partial charge >= 0.3 is 0 Å². The third-order valence-corrected chi connectivity index (χ3v) is 4.11. The lowest BCUT2D eigenvalue weighted by Gasteiger charge is -2.25. The monoisotopic (exact) mass is 304 g/mol. The second-order valence-electron chi connectivity index (χ2n) is 5.94. The van der Waals surface area contributed by atoms with Gasteiger partial charge in [-0.1, -0.05) is 30.3 Å². The number of nitrogens with zero attached hydrogens (tertiary/aromatic N) is 1. The highest BCUT2D eigenvalue weighted by Crippen LogP contribution is 2.20. The van der Waals surface area contributed by atoms with Gasteiger partial charge in [0.25, 0.3) is 0 Å². The van der Waals surface area contributed by atoms with Gasteiger partial charge in [-0.25, -0.2) is 0 Å². The van der Waals surface area contributed by atoms with Crippen LogP contribution in [0.5, 0.6) is 0 Å². The van der Waals surface area contributed by atoms with E-state index in [-0.39, 0.29) is 23.9 Å². The first kappa shape index (κ1) is 16.5. The Labute approximate surface area is 131 Å². The minimum atomic E-state index is -0.607. The molecular weight excluding hydrogens is 280 g/mol. The molecule has 3 unspecified atom stereocenters. The standard InChI is InChI=1S/C17H24N2O3/c1-12(11-16(21)14-7-4-3-5-8-14)18-17(22)15-9-6-10-19(15)13(2)20/h3-5,7-8,12,15-16,21H,6,9-11H2,1-2H3,(H,18,22). The van der Waals surface area contributed by atoms with Crippen LogP contribution in [0.2, 0.25) is 0 Å².